The van der Waals surface area contributed by atoms with E-state index in [-0.39, 0.29) is 0 Å². The van der Waals surface area contributed by atoms with E-state index in [0.717, 1.165) is 61.9 Å². The molecule has 0 aliphatic carbocycles. The van der Waals surface area contributed by atoms with Gasteiger partial charge < -0.3 is 9.64 Å². The van der Waals surface area contributed by atoms with E-state index < -0.39 is 0 Å². The van der Waals surface area contributed by atoms with Crippen LogP contribution in [-0.4, -0.2) is 58.0 Å². The Balaban J connectivity index is 1.48. The van der Waals surface area contributed by atoms with E-state index >= 15 is 0 Å². The summed E-state index contributed by atoms with van der Waals surface area (Å²) in [6, 6.07) is 10.4. The van der Waals surface area contributed by atoms with Gasteiger partial charge in [-0.15, -0.1) is 10.2 Å². The van der Waals surface area contributed by atoms with Gasteiger partial charge in [0.1, 0.15) is 12.1 Å². The summed E-state index contributed by atoms with van der Waals surface area (Å²) in [5.74, 6) is 0.960. The second-order valence-corrected chi connectivity index (χ2v) is 6.55. The van der Waals surface area contributed by atoms with Crippen molar-refractivity contribution in [3.63, 3.8) is 0 Å². The molecule has 0 unspecified atom stereocenters. The van der Waals surface area contributed by atoms with Crippen LogP contribution in [-0.2, 0) is 13.0 Å². The van der Waals surface area contributed by atoms with Gasteiger partial charge in [-0.25, -0.2) is 0 Å². The molecule has 0 bridgehead atoms. The van der Waals surface area contributed by atoms with E-state index in [4.69, 9.17) is 4.74 Å². The molecule has 1 fully saturated rings. The van der Waals surface area contributed by atoms with Crippen molar-refractivity contribution in [3.05, 3.63) is 47.9 Å². The molecule has 0 saturated carbocycles. The SMILES string of the molecule is CCc1cc(N2CCN(Cc3ccccc3OC)CC2)c2nncn2n1. The number of para-hydroxylation sites is 1. The molecule has 136 valence electrons. The van der Waals surface area contributed by atoms with E-state index in [1.807, 2.05) is 12.1 Å². The summed E-state index contributed by atoms with van der Waals surface area (Å²) >= 11 is 0. The van der Waals surface area contributed by atoms with Crippen molar-refractivity contribution in [3.8, 4) is 5.75 Å². The van der Waals surface area contributed by atoms with Crippen molar-refractivity contribution in [1.82, 2.24) is 24.7 Å². The Morgan fingerprint density at radius 2 is 1.92 bits per heavy atom. The number of aromatic nitrogens is 4. The van der Waals surface area contributed by atoms with Gasteiger partial charge in [-0.2, -0.15) is 9.61 Å². The second kappa shape index (κ2) is 7.29. The predicted octanol–water partition coefficient (Wildman–Crippen LogP) is 2.02. The van der Waals surface area contributed by atoms with Crippen LogP contribution in [0.25, 0.3) is 5.65 Å². The minimum Gasteiger partial charge on any atom is -0.496 e. The lowest BCUT2D eigenvalue weighted by atomic mass is 10.1. The van der Waals surface area contributed by atoms with Gasteiger partial charge in [0.05, 0.1) is 18.5 Å². The normalized spacial score (nSPS) is 15.5. The van der Waals surface area contributed by atoms with Crippen molar-refractivity contribution in [2.24, 2.45) is 0 Å². The van der Waals surface area contributed by atoms with Gasteiger partial charge in [-0.3, -0.25) is 4.90 Å². The number of hydrogen-bond acceptors (Lipinski definition) is 6. The van der Waals surface area contributed by atoms with Crippen molar-refractivity contribution in [2.75, 3.05) is 38.2 Å². The molecule has 0 amide bonds. The van der Waals surface area contributed by atoms with Crippen LogP contribution in [0.5, 0.6) is 5.75 Å². The zero-order valence-electron chi connectivity index (χ0n) is 15.3. The molecule has 1 aromatic carbocycles. The summed E-state index contributed by atoms with van der Waals surface area (Å²) in [5.41, 5.74) is 4.26. The summed E-state index contributed by atoms with van der Waals surface area (Å²) in [6.07, 6.45) is 2.57. The number of rotatable bonds is 5. The Morgan fingerprint density at radius 3 is 2.69 bits per heavy atom. The topological polar surface area (TPSA) is 58.8 Å². The number of nitrogens with zero attached hydrogens (tertiary/aromatic N) is 6. The van der Waals surface area contributed by atoms with Gasteiger partial charge >= 0.3 is 0 Å². The number of benzene rings is 1. The Bertz CT molecular complexity index is 885. The minimum absolute atomic E-state index is 0.834. The number of methoxy groups -OCH3 is 1. The molecule has 0 N–H and O–H groups in total. The van der Waals surface area contributed by atoms with E-state index in [0.29, 0.717) is 0 Å². The number of fused-ring (bicyclic) bond motifs is 1. The molecule has 3 aromatic rings. The maximum absolute atomic E-state index is 5.48. The minimum atomic E-state index is 0.834. The Morgan fingerprint density at radius 1 is 1.12 bits per heavy atom. The molecule has 3 heterocycles. The predicted molar refractivity (Wildman–Crippen MR) is 101 cm³/mol. The number of ether oxygens (including phenoxy) is 1. The standard InChI is InChI=1S/C19H24N6O/c1-3-16-12-17(19-21-20-14-25(19)22-16)24-10-8-23(9-11-24)13-15-6-4-5-7-18(15)26-2/h4-7,12,14H,3,8-11,13H2,1-2H3. The van der Waals surface area contributed by atoms with Gasteiger partial charge in [0.2, 0.25) is 5.65 Å². The molecule has 7 heteroatoms. The van der Waals surface area contributed by atoms with E-state index in [2.05, 4.69) is 50.2 Å². The molecule has 1 aliphatic rings. The van der Waals surface area contributed by atoms with Crippen LogP contribution < -0.4 is 9.64 Å². The largest absolute Gasteiger partial charge is 0.496 e. The fraction of sp³-hybridized carbons (Fsp3) is 0.421. The summed E-state index contributed by atoms with van der Waals surface area (Å²) in [5, 5.41) is 12.8. The summed E-state index contributed by atoms with van der Waals surface area (Å²) < 4.78 is 7.27. The fourth-order valence-corrected chi connectivity index (χ4v) is 3.49. The third-order valence-electron chi connectivity index (χ3n) is 4.96. The Labute approximate surface area is 153 Å². The lowest BCUT2D eigenvalue weighted by Gasteiger charge is -2.36. The smallest absolute Gasteiger partial charge is 0.200 e. The highest BCUT2D eigenvalue weighted by atomic mass is 16.5. The molecule has 0 radical (unpaired) electrons. The quantitative estimate of drug-likeness (QED) is 0.700. The molecule has 4 rings (SSSR count). The molecule has 26 heavy (non-hydrogen) atoms. The van der Waals surface area contributed by atoms with Crippen molar-refractivity contribution < 1.29 is 4.74 Å². The molecular formula is C19H24N6O. The third-order valence-corrected chi connectivity index (χ3v) is 4.96. The molecule has 1 saturated heterocycles. The van der Waals surface area contributed by atoms with E-state index in [1.165, 1.54) is 5.56 Å². The maximum Gasteiger partial charge on any atom is 0.200 e. The summed E-state index contributed by atoms with van der Waals surface area (Å²) in [7, 11) is 1.73. The lowest BCUT2D eigenvalue weighted by molar-refractivity contribution is 0.246. The Hall–Kier alpha value is -2.67. The first-order valence-corrected chi connectivity index (χ1v) is 9.07. The molecular weight excluding hydrogens is 328 g/mol. The molecule has 7 nitrogen and oxygen atoms in total. The van der Waals surface area contributed by atoms with Crippen LogP contribution in [0.2, 0.25) is 0 Å². The van der Waals surface area contributed by atoms with Gasteiger partial charge in [-0.1, -0.05) is 25.1 Å². The van der Waals surface area contributed by atoms with Crippen LogP contribution in [0.4, 0.5) is 5.69 Å². The lowest BCUT2D eigenvalue weighted by Crippen LogP contribution is -2.46. The second-order valence-electron chi connectivity index (χ2n) is 6.55. The highest BCUT2D eigenvalue weighted by molar-refractivity contribution is 5.68. The molecule has 1 aliphatic heterocycles. The van der Waals surface area contributed by atoms with Gasteiger partial charge in [0.15, 0.2) is 0 Å². The zero-order valence-corrected chi connectivity index (χ0v) is 15.3. The van der Waals surface area contributed by atoms with Crippen LogP contribution in [0.15, 0.2) is 36.7 Å². The zero-order chi connectivity index (χ0) is 17.9. The number of hydrogen-bond donors (Lipinski definition) is 0. The van der Waals surface area contributed by atoms with Crippen molar-refractivity contribution >= 4 is 11.3 Å². The van der Waals surface area contributed by atoms with Gasteiger partial charge in [-0.05, 0) is 18.6 Å². The van der Waals surface area contributed by atoms with Gasteiger partial charge in [0, 0.05) is 38.3 Å². The van der Waals surface area contributed by atoms with Crippen LogP contribution in [0.3, 0.4) is 0 Å². The monoisotopic (exact) mass is 352 g/mol. The third kappa shape index (κ3) is 3.22. The Kier molecular flexibility index (Phi) is 4.71. The van der Waals surface area contributed by atoms with Crippen molar-refractivity contribution in [1.29, 1.82) is 0 Å². The molecule has 0 spiro atoms. The van der Waals surface area contributed by atoms with E-state index in [9.17, 15) is 0 Å². The highest BCUT2D eigenvalue weighted by Gasteiger charge is 2.21. The average molecular weight is 352 g/mol. The fourth-order valence-electron chi connectivity index (χ4n) is 3.49. The van der Waals surface area contributed by atoms with E-state index in [1.54, 1.807) is 18.0 Å². The number of aryl methyl sites for hydroxylation is 1. The van der Waals surface area contributed by atoms with Gasteiger partial charge in [0.25, 0.3) is 0 Å². The maximum atomic E-state index is 5.48. The molecule has 2 aromatic heterocycles. The summed E-state index contributed by atoms with van der Waals surface area (Å²) in [6.45, 7) is 6.96. The first-order valence-electron chi connectivity index (χ1n) is 9.07. The van der Waals surface area contributed by atoms with Crippen LogP contribution >= 0.6 is 0 Å². The van der Waals surface area contributed by atoms with Crippen LogP contribution in [0, 0.1) is 0 Å². The number of piperazine rings is 1. The van der Waals surface area contributed by atoms with Crippen LogP contribution in [0.1, 0.15) is 18.2 Å². The average Bonchev–Trinajstić information content (AvgIpc) is 3.17. The number of anilines is 1. The highest BCUT2D eigenvalue weighted by Crippen LogP contribution is 2.24. The first-order chi connectivity index (χ1) is 12.8. The van der Waals surface area contributed by atoms with Crippen molar-refractivity contribution in [2.45, 2.75) is 19.9 Å². The first kappa shape index (κ1) is 16.8. The molecule has 0 atom stereocenters. The summed E-state index contributed by atoms with van der Waals surface area (Å²) in [4.78, 5) is 4.86.